The number of pyridine rings is 1. The monoisotopic (exact) mass is 312 g/mol. The van der Waals surface area contributed by atoms with Crippen molar-refractivity contribution in [2.45, 2.75) is 33.2 Å². The predicted molar refractivity (Wildman–Crippen MR) is 92.2 cm³/mol. The van der Waals surface area contributed by atoms with E-state index < -0.39 is 0 Å². The maximum absolute atomic E-state index is 12.1. The van der Waals surface area contributed by atoms with Crippen LogP contribution >= 0.6 is 0 Å². The van der Waals surface area contributed by atoms with E-state index in [9.17, 15) is 4.79 Å². The average Bonchev–Trinajstić information content (AvgIpc) is 2.77. The zero-order chi connectivity index (χ0) is 16.4. The van der Waals surface area contributed by atoms with Crippen LogP contribution in [0.1, 0.15) is 27.9 Å². The first kappa shape index (κ1) is 15.8. The predicted octanol–water partition coefficient (Wildman–Crippen LogP) is 2.60. The smallest absolute Gasteiger partial charge is 0.187 e. The normalized spacial score (nSPS) is 15.1. The second-order valence-electron chi connectivity index (χ2n) is 6.32. The first-order chi connectivity index (χ1) is 11.1. The van der Waals surface area contributed by atoms with E-state index >= 15 is 0 Å². The van der Waals surface area contributed by atoms with E-state index in [0.29, 0.717) is 0 Å². The number of ether oxygens (including phenoxy) is 1. The van der Waals surface area contributed by atoms with Crippen molar-refractivity contribution in [3.8, 4) is 5.75 Å². The molecule has 23 heavy (non-hydrogen) atoms. The molecule has 2 aromatic rings. The van der Waals surface area contributed by atoms with E-state index in [0.717, 1.165) is 55.0 Å². The fraction of sp³-hybridized carbons (Fsp3) is 0.421. The standard InChI is InChI=1S/C19H24N2O2/c1-13-11-20-18(14(2)19(13)22)12-21-8-6-15-4-5-17(23-3)10-16(15)7-9-21/h4-5,10-11H,6-9,12H2,1-3H3,(H,20,22). The van der Waals surface area contributed by atoms with Gasteiger partial charge < -0.3 is 9.72 Å². The Balaban J connectivity index is 1.75. The van der Waals surface area contributed by atoms with Crippen molar-refractivity contribution in [3.63, 3.8) is 0 Å². The highest BCUT2D eigenvalue weighted by molar-refractivity contribution is 5.37. The molecule has 2 heterocycles. The lowest BCUT2D eigenvalue weighted by Crippen LogP contribution is -2.28. The Kier molecular flexibility index (Phi) is 4.53. The number of H-pyrrole nitrogens is 1. The van der Waals surface area contributed by atoms with Gasteiger partial charge in [-0.2, -0.15) is 0 Å². The minimum atomic E-state index is 0.154. The average molecular weight is 312 g/mol. The third kappa shape index (κ3) is 3.32. The molecule has 1 aliphatic heterocycles. The third-order valence-corrected chi connectivity index (χ3v) is 4.80. The van der Waals surface area contributed by atoms with Gasteiger partial charge in [-0.15, -0.1) is 0 Å². The summed E-state index contributed by atoms with van der Waals surface area (Å²) in [6.45, 7) is 6.57. The molecule has 122 valence electrons. The Morgan fingerprint density at radius 1 is 1.17 bits per heavy atom. The van der Waals surface area contributed by atoms with Gasteiger partial charge in [0, 0.05) is 42.7 Å². The summed E-state index contributed by atoms with van der Waals surface area (Å²) in [6.07, 6.45) is 3.87. The largest absolute Gasteiger partial charge is 0.497 e. The maximum Gasteiger partial charge on any atom is 0.187 e. The van der Waals surface area contributed by atoms with Crippen molar-refractivity contribution in [3.05, 3.63) is 62.6 Å². The number of rotatable bonds is 3. The molecule has 0 saturated heterocycles. The first-order valence-corrected chi connectivity index (χ1v) is 8.14. The Labute approximate surface area is 137 Å². The second-order valence-corrected chi connectivity index (χ2v) is 6.32. The first-order valence-electron chi connectivity index (χ1n) is 8.14. The van der Waals surface area contributed by atoms with Crippen LogP contribution in [0.25, 0.3) is 0 Å². The Hall–Kier alpha value is -2.07. The molecule has 1 aliphatic rings. The molecular weight excluding hydrogens is 288 g/mol. The molecular formula is C19H24N2O2. The van der Waals surface area contributed by atoms with Gasteiger partial charge in [0.15, 0.2) is 5.43 Å². The molecule has 4 heteroatoms. The third-order valence-electron chi connectivity index (χ3n) is 4.80. The van der Waals surface area contributed by atoms with Gasteiger partial charge >= 0.3 is 0 Å². The van der Waals surface area contributed by atoms with E-state index in [4.69, 9.17) is 4.74 Å². The molecule has 0 spiro atoms. The fourth-order valence-corrected chi connectivity index (χ4v) is 3.22. The van der Waals surface area contributed by atoms with Crippen LogP contribution in [0.3, 0.4) is 0 Å². The summed E-state index contributed by atoms with van der Waals surface area (Å²) in [5.74, 6) is 0.927. The molecule has 0 fully saturated rings. The summed E-state index contributed by atoms with van der Waals surface area (Å²) in [7, 11) is 1.71. The van der Waals surface area contributed by atoms with Crippen molar-refractivity contribution in [1.82, 2.24) is 9.88 Å². The summed E-state index contributed by atoms with van der Waals surface area (Å²) >= 11 is 0. The van der Waals surface area contributed by atoms with Crippen molar-refractivity contribution in [1.29, 1.82) is 0 Å². The molecule has 1 aromatic heterocycles. The number of fused-ring (bicyclic) bond motifs is 1. The molecule has 0 bridgehead atoms. The number of nitrogens with zero attached hydrogens (tertiary/aromatic N) is 1. The molecule has 4 nitrogen and oxygen atoms in total. The van der Waals surface area contributed by atoms with Gasteiger partial charge in [0.2, 0.25) is 0 Å². The number of nitrogens with one attached hydrogen (secondary N) is 1. The second kappa shape index (κ2) is 6.59. The van der Waals surface area contributed by atoms with Crippen LogP contribution in [-0.4, -0.2) is 30.1 Å². The summed E-state index contributed by atoms with van der Waals surface area (Å²) in [5, 5.41) is 0. The molecule has 1 aromatic carbocycles. The van der Waals surface area contributed by atoms with Gasteiger partial charge in [-0.25, -0.2) is 0 Å². The van der Waals surface area contributed by atoms with Gasteiger partial charge in [-0.3, -0.25) is 9.69 Å². The molecule has 0 aliphatic carbocycles. The number of aromatic nitrogens is 1. The zero-order valence-electron chi connectivity index (χ0n) is 14.1. The lowest BCUT2D eigenvalue weighted by molar-refractivity contribution is 0.275. The van der Waals surface area contributed by atoms with Crippen LogP contribution in [0.5, 0.6) is 5.75 Å². The number of aryl methyl sites for hydroxylation is 1. The molecule has 1 N–H and O–H groups in total. The van der Waals surface area contributed by atoms with Gasteiger partial charge in [-0.1, -0.05) is 6.07 Å². The number of hydrogen-bond acceptors (Lipinski definition) is 3. The zero-order valence-corrected chi connectivity index (χ0v) is 14.1. The minimum absolute atomic E-state index is 0.154. The Morgan fingerprint density at radius 3 is 2.65 bits per heavy atom. The maximum atomic E-state index is 12.1. The summed E-state index contributed by atoms with van der Waals surface area (Å²) in [6, 6.07) is 6.37. The molecule has 0 atom stereocenters. The van der Waals surface area contributed by atoms with Gasteiger partial charge in [-0.05, 0) is 49.9 Å². The van der Waals surface area contributed by atoms with Crippen molar-refractivity contribution < 1.29 is 4.74 Å². The SMILES string of the molecule is COc1ccc2c(c1)CCN(Cc1[nH]cc(C)c(=O)c1C)CC2. The molecule has 0 radical (unpaired) electrons. The van der Waals surface area contributed by atoms with E-state index in [1.54, 1.807) is 7.11 Å². The number of benzene rings is 1. The highest BCUT2D eigenvalue weighted by atomic mass is 16.5. The summed E-state index contributed by atoms with van der Waals surface area (Å²) in [4.78, 5) is 17.8. The fourth-order valence-electron chi connectivity index (χ4n) is 3.22. The molecule has 0 saturated carbocycles. The molecule has 0 amide bonds. The van der Waals surface area contributed by atoms with Gasteiger partial charge in [0.1, 0.15) is 5.75 Å². The van der Waals surface area contributed by atoms with E-state index in [1.807, 2.05) is 26.1 Å². The highest BCUT2D eigenvalue weighted by Gasteiger charge is 2.16. The van der Waals surface area contributed by atoms with E-state index in [-0.39, 0.29) is 5.43 Å². The minimum Gasteiger partial charge on any atom is -0.497 e. The van der Waals surface area contributed by atoms with Crippen molar-refractivity contribution >= 4 is 0 Å². The van der Waals surface area contributed by atoms with E-state index in [2.05, 4.69) is 22.0 Å². The Bertz CT molecular complexity index is 764. The van der Waals surface area contributed by atoms with Crippen LogP contribution in [0, 0.1) is 13.8 Å². The van der Waals surface area contributed by atoms with Crippen molar-refractivity contribution in [2.75, 3.05) is 20.2 Å². The van der Waals surface area contributed by atoms with Crippen LogP contribution < -0.4 is 10.2 Å². The lowest BCUT2D eigenvalue weighted by Gasteiger charge is -2.20. The summed E-state index contributed by atoms with van der Waals surface area (Å²) < 4.78 is 5.33. The van der Waals surface area contributed by atoms with Crippen LogP contribution in [0.4, 0.5) is 0 Å². The highest BCUT2D eigenvalue weighted by Crippen LogP contribution is 2.22. The number of hydrogen-bond donors (Lipinski definition) is 1. The van der Waals surface area contributed by atoms with Gasteiger partial charge in [0.25, 0.3) is 0 Å². The van der Waals surface area contributed by atoms with Crippen LogP contribution in [-0.2, 0) is 19.4 Å². The topological polar surface area (TPSA) is 45.3 Å². The van der Waals surface area contributed by atoms with Crippen LogP contribution in [0.15, 0.2) is 29.2 Å². The quantitative estimate of drug-likeness (QED) is 0.947. The Morgan fingerprint density at radius 2 is 1.91 bits per heavy atom. The molecule has 3 rings (SSSR count). The van der Waals surface area contributed by atoms with Crippen LogP contribution in [0.2, 0.25) is 0 Å². The van der Waals surface area contributed by atoms with E-state index in [1.165, 1.54) is 11.1 Å². The number of aromatic amines is 1. The van der Waals surface area contributed by atoms with Crippen molar-refractivity contribution in [2.24, 2.45) is 0 Å². The molecule has 0 unspecified atom stereocenters. The number of methoxy groups -OCH3 is 1. The lowest BCUT2D eigenvalue weighted by atomic mass is 10.0. The van der Waals surface area contributed by atoms with Gasteiger partial charge in [0.05, 0.1) is 7.11 Å². The summed E-state index contributed by atoms with van der Waals surface area (Å²) in [5.41, 5.74) is 5.59.